The lowest BCUT2D eigenvalue weighted by atomic mass is 10.1. The molecule has 0 unspecified atom stereocenters. The molecule has 0 N–H and O–H groups in total. The number of nitrogens with zero attached hydrogens (tertiary/aromatic N) is 3. The number of benzene rings is 2. The lowest BCUT2D eigenvalue weighted by molar-refractivity contribution is -0.385. The summed E-state index contributed by atoms with van der Waals surface area (Å²) < 4.78 is 10.7. The van der Waals surface area contributed by atoms with Gasteiger partial charge >= 0.3 is 0 Å². The molecule has 1 heterocycles. The van der Waals surface area contributed by atoms with E-state index in [4.69, 9.17) is 9.47 Å². The Kier molecular flexibility index (Phi) is 6.44. The molecule has 0 atom stereocenters. The molecular formula is C22H27N3O5. The fourth-order valence-corrected chi connectivity index (χ4v) is 3.72. The Morgan fingerprint density at radius 1 is 1.13 bits per heavy atom. The number of nitro groups is 1. The van der Waals surface area contributed by atoms with Gasteiger partial charge in [-0.25, -0.2) is 0 Å². The molecule has 8 nitrogen and oxygen atoms in total. The van der Waals surface area contributed by atoms with Crippen molar-refractivity contribution in [3.8, 4) is 11.5 Å². The Morgan fingerprint density at radius 2 is 1.77 bits per heavy atom. The van der Waals surface area contributed by atoms with Gasteiger partial charge in [-0.2, -0.15) is 0 Å². The minimum atomic E-state index is -0.494. The van der Waals surface area contributed by atoms with Crippen LogP contribution in [0.15, 0.2) is 30.3 Å². The average molecular weight is 413 g/mol. The lowest BCUT2D eigenvalue weighted by Gasteiger charge is -2.23. The number of carbonyl (C=O) groups excluding carboxylic acids is 1. The normalized spacial score (nSPS) is 13.3. The van der Waals surface area contributed by atoms with E-state index in [-0.39, 0.29) is 17.2 Å². The maximum Gasteiger partial charge on any atom is 0.282 e. The Balaban J connectivity index is 1.91. The second-order valence-corrected chi connectivity index (χ2v) is 7.45. The highest BCUT2D eigenvalue weighted by molar-refractivity contribution is 5.99. The summed E-state index contributed by atoms with van der Waals surface area (Å²) in [5, 5.41) is 11.5. The van der Waals surface area contributed by atoms with Gasteiger partial charge in [0.05, 0.1) is 19.1 Å². The maximum atomic E-state index is 12.9. The number of carbonyl (C=O) groups is 1. The molecule has 1 aliphatic rings. The van der Waals surface area contributed by atoms with Crippen LogP contribution in [0.4, 0.5) is 11.4 Å². The van der Waals surface area contributed by atoms with Gasteiger partial charge in [0.1, 0.15) is 5.56 Å². The van der Waals surface area contributed by atoms with Gasteiger partial charge in [0.15, 0.2) is 11.5 Å². The van der Waals surface area contributed by atoms with Gasteiger partial charge in [-0.3, -0.25) is 14.9 Å². The topological polar surface area (TPSA) is 85.2 Å². The van der Waals surface area contributed by atoms with Crippen molar-refractivity contribution in [3.63, 3.8) is 0 Å². The highest BCUT2D eigenvalue weighted by Crippen LogP contribution is 2.32. The van der Waals surface area contributed by atoms with Crippen LogP contribution in [-0.4, -0.2) is 50.1 Å². The van der Waals surface area contributed by atoms with Crippen molar-refractivity contribution < 1.29 is 19.2 Å². The number of rotatable bonds is 7. The molecule has 1 fully saturated rings. The molecule has 1 aliphatic heterocycles. The van der Waals surface area contributed by atoms with Crippen LogP contribution in [0.2, 0.25) is 0 Å². The third-order valence-corrected chi connectivity index (χ3v) is 5.49. The summed E-state index contributed by atoms with van der Waals surface area (Å²) in [5.41, 5.74) is 2.77. The van der Waals surface area contributed by atoms with Gasteiger partial charge in [0.2, 0.25) is 0 Å². The fraction of sp³-hybridized carbons (Fsp3) is 0.409. The third-order valence-electron chi connectivity index (χ3n) is 5.49. The first-order valence-corrected chi connectivity index (χ1v) is 9.86. The third kappa shape index (κ3) is 4.32. The molecule has 0 radical (unpaired) electrons. The van der Waals surface area contributed by atoms with Crippen LogP contribution in [0.5, 0.6) is 11.5 Å². The van der Waals surface area contributed by atoms with Crippen molar-refractivity contribution in [1.82, 2.24) is 4.90 Å². The molecule has 1 amide bonds. The summed E-state index contributed by atoms with van der Waals surface area (Å²) in [7, 11) is 5.08. The number of nitro benzene ring substituents is 1. The first kappa shape index (κ1) is 21.4. The summed E-state index contributed by atoms with van der Waals surface area (Å²) in [5.74, 6) is 1.02. The van der Waals surface area contributed by atoms with E-state index in [1.807, 2.05) is 31.0 Å². The first-order valence-electron chi connectivity index (χ1n) is 9.86. The SMILES string of the molecule is COc1cc(C)c(CN(C)c2ccc([N+](=O)[O-])c(C(=O)N3CCCC3)c2)cc1OC. The number of aryl methyl sites for hydroxylation is 1. The number of hydrogen-bond acceptors (Lipinski definition) is 6. The maximum absolute atomic E-state index is 12.9. The van der Waals surface area contributed by atoms with Crippen LogP contribution in [0.1, 0.15) is 34.3 Å². The van der Waals surface area contributed by atoms with Crippen LogP contribution >= 0.6 is 0 Å². The van der Waals surface area contributed by atoms with E-state index < -0.39 is 4.92 Å². The zero-order chi connectivity index (χ0) is 21.8. The Hall–Kier alpha value is -3.29. The van der Waals surface area contributed by atoms with Gasteiger partial charge in [0, 0.05) is 38.4 Å². The predicted molar refractivity (Wildman–Crippen MR) is 115 cm³/mol. The largest absolute Gasteiger partial charge is 0.493 e. The van der Waals surface area contributed by atoms with E-state index in [0.29, 0.717) is 31.1 Å². The second-order valence-electron chi connectivity index (χ2n) is 7.45. The molecule has 0 aliphatic carbocycles. The minimum absolute atomic E-state index is 0.135. The molecular weight excluding hydrogens is 386 g/mol. The van der Waals surface area contributed by atoms with Crippen molar-refractivity contribution in [2.45, 2.75) is 26.3 Å². The van der Waals surface area contributed by atoms with Crippen molar-refractivity contribution >= 4 is 17.3 Å². The molecule has 0 spiro atoms. The summed E-state index contributed by atoms with van der Waals surface area (Å²) in [6.07, 6.45) is 1.86. The number of hydrogen-bond donors (Lipinski definition) is 0. The molecule has 0 bridgehead atoms. The molecule has 2 aromatic carbocycles. The average Bonchev–Trinajstić information content (AvgIpc) is 3.28. The number of anilines is 1. The van der Waals surface area contributed by atoms with Crippen LogP contribution < -0.4 is 14.4 Å². The standard InChI is InChI=1S/C22H27N3O5/c1-15-11-20(29-3)21(30-4)12-16(15)14-23(2)17-7-8-19(25(27)28)18(13-17)22(26)24-9-5-6-10-24/h7-8,11-13H,5-6,9-10,14H2,1-4H3. The Bertz CT molecular complexity index is 954. The molecule has 0 aromatic heterocycles. The van der Waals surface area contributed by atoms with Gasteiger partial charge in [-0.1, -0.05) is 0 Å². The van der Waals surface area contributed by atoms with Gasteiger partial charge < -0.3 is 19.3 Å². The highest BCUT2D eigenvalue weighted by Gasteiger charge is 2.27. The molecule has 160 valence electrons. The minimum Gasteiger partial charge on any atom is -0.493 e. The van der Waals surface area contributed by atoms with E-state index in [2.05, 4.69) is 0 Å². The number of ether oxygens (including phenoxy) is 2. The lowest BCUT2D eigenvalue weighted by Crippen LogP contribution is -2.28. The van der Waals surface area contributed by atoms with Crippen molar-refractivity contribution in [2.24, 2.45) is 0 Å². The van der Waals surface area contributed by atoms with Crippen LogP contribution in [0.25, 0.3) is 0 Å². The van der Waals surface area contributed by atoms with Gasteiger partial charge in [-0.05, 0) is 55.2 Å². The fourth-order valence-electron chi connectivity index (χ4n) is 3.72. The number of likely N-dealkylation sites (tertiary alicyclic amines) is 1. The van der Waals surface area contributed by atoms with Crippen molar-refractivity contribution in [3.05, 3.63) is 57.1 Å². The zero-order valence-electron chi connectivity index (χ0n) is 17.8. The van der Waals surface area contributed by atoms with Crippen LogP contribution in [-0.2, 0) is 6.54 Å². The number of amides is 1. The predicted octanol–water partition coefficient (Wildman–Crippen LogP) is 3.79. The molecule has 3 rings (SSSR count). The quantitative estimate of drug-likeness (QED) is 0.507. The van der Waals surface area contributed by atoms with Crippen molar-refractivity contribution in [2.75, 3.05) is 39.3 Å². The molecule has 8 heteroatoms. The van der Waals surface area contributed by atoms with E-state index in [1.54, 1.807) is 31.3 Å². The summed E-state index contributed by atoms with van der Waals surface area (Å²) in [6, 6.07) is 8.55. The molecule has 30 heavy (non-hydrogen) atoms. The molecule has 2 aromatic rings. The zero-order valence-corrected chi connectivity index (χ0v) is 17.8. The number of methoxy groups -OCH3 is 2. The van der Waals surface area contributed by atoms with E-state index in [9.17, 15) is 14.9 Å². The van der Waals surface area contributed by atoms with Crippen LogP contribution in [0, 0.1) is 17.0 Å². The summed E-state index contributed by atoms with van der Waals surface area (Å²) in [6.45, 7) is 3.81. The van der Waals surface area contributed by atoms with Gasteiger partial charge in [0.25, 0.3) is 11.6 Å². The molecule has 1 saturated heterocycles. The molecule has 0 saturated carbocycles. The smallest absolute Gasteiger partial charge is 0.282 e. The van der Waals surface area contributed by atoms with Gasteiger partial charge in [-0.15, -0.1) is 0 Å². The van der Waals surface area contributed by atoms with E-state index in [1.165, 1.54) is 6.07 Å². The Labute approximate surface area is 176 Å². The highest BCUT2D eigenvalue weighted by atomic mass is 16.6. The van der Waals surface area contributed by atoms with E-state index >= 15 is 0 Å². The Morgan fingerprint density at radius 3 is 2.37 bits per heavy atom. The van der Waals surface area contributed by atoms with Crippen molar-refractivity contribution in [1.29, 1.82) is 0 Å². The monoisotopic (exact) mass is 413 g/mol. The van der Waals surface area contributed by atoms with E-state index in [0.717, 1.165) is 29.7 Å². The summed E-state index contributed by atoms with van der Waals surface area (Å²) >= 11 is 0. The first-order chi connectivity index (χ1) is 14.3. The summed E-state index contributed by atoms with van der Waals surface area (Å²) in [4.78, 5) is 27.5. The second kappa shape index (κ2) is 9.02. The van der Waals surface area contributed by atoms with Crippen LogP contribution in [0.3, 0.4) is 0 Å².